The molecular formula is C4H10N4. The second-order valence-corrected chi connectivity index (χ2v) is 0.872. The normalized spacial score (nSPS) is 5.12. The fourth-order valence-electron chi connectivity index (χ4n) is 0. The second kappa shape index (κ2) is 9.23. The minimum absolute atomic E-state index is 0.130. The molecule has 0 rings (SSSR count). The SMILES string of the molecule is CC#N.CN=C(N)N. The van der Waals surface area contributed by atoms with Gasteiger partial charge >= 0.3 is 0 Å². The molecule has 4 heteroatoms. The van der Waals surface area contributed by atoms with Crippen LogP contribution in [0.1, 0.15) is 6.92 Å². The maximum absolute atomic E-state index is 7.32. The summed E-state index contributed by atoms with van der Waals surface area (Å²) in [6.45, 7) is 1.43. The van der Waals surface area contributed by atoms with Crippen molar-refractivity contribution in [1.29, 1.82) is 5.26 Å². The zero-order valence-electron chi connectivity index (χ0n) is 5.05. The van der Waals surface area contributed by atoms with E-state index in [4.69, 9.17) is 16.7 Å². The van der Waals surface area contributed by atoms with Crippen molar-refractivity contribution in [1.82, 2.24) is 0 Å². The van der Waals surface area contributed by atoms with Crippen molar-refractivity contribution >= 4 is 5.96 Å². The molecule has 0 spiro atoms. The van der Waals surface area contributed by atoms with Gasteiger partial charge in [-0.1, -0.05) is 0 Å². The first-order chi connectivity index (χ1) is 3.68. The van der Waals surface area contributed by atoms with Crippen LogP contribution in [0.3, 0.4) is 0 Å². The summed E-state index contributed by atoms with van der Waals surface area (Å²) >= 11 is 0. The summed E-state index contributed by atoms with van der Waals surface area (Å²) in [4.78, 5) is 3.36. The Morgan fingerprint density at radius 1 is 1.62 bits per heavy atom. The number of hydrogen-bond acceptors (Lipinski definition) is 2. The van der Waals surface area contributed by atoms with Crippen LogP contribution in [0.4, 0.5) is 0 Å². The Labute approximate surface area is 48.8 Å². The fourth-order valence-corrected chi connectivity index (χ4v) is 0. The summed E-state index contributed by atoms with van der Waals surface area (Å²) in [6, 6.07) is 1.75. The molecule has 0 aromatic rings. The van der Waals surface area contributed by atoms with Crippen LogP contribution in [-0.2, 0) is 0 Å². The number of rotatable bonds is 0. The van der Waals surface area contributed by atoms with Gasteiger partial charge in [0, 0.05) is 14.0 Å². The zero-order valence-corrected chi connectivity index (χ0v) is 5.05. The van der Waals surface area contributed by atoms with Crippen LogP contribution in [0, 0.1) is 11.3 Å². The molecule has 4 nitrogen and oxygen atoms in total. The molecular weight excluding hydrogens is 104 g/mol. The molecule has 0 unspecified atom stereocenters. The van der Waals surface area contributed by atoms with Crippen LogP contribution in [-0.4, -0.2) is 13.0 Å². The third-order valence-corrected chi connectivity index (χ3v) is 0.258. The van der Waals surface area contributed by atoms with Gasteiger partial charge in [-0.15, -0.1) is 0 Å². The maximum Gasteiger partial charge on any atom is 0.185 e. The highest BCUT2D eigenvalue weighted by atomic mass is 15.0. The van der Waals surface area contributed by atoms with Gasteiger partial charge in [0.2, 0.25) is 0 Å². The molecule has 0 atom stereocenters. The number of guanidine groups is 1. The van der Waals surface area contributed by atoms with Crippen molar-refractivity contribution in [3.05, 3.63) is 0 Å². The predicted molar refractivity (Wildman–Crippen MR) is 33.0 cm³/mol. The van der Waals surface area contributed by atoms with Gasteiger partial charge in [-0.3, -0.25) is 4.99 Å². The molecule has 0 aromatic heterocycles. The van der Waals surface area contributed by atoms with Gasteiger partial charge in [0.1, 0.15) is 0 Å². The van der Waals surface area contributed by atoms with Gasteiger partial charge < -0.3 is 11.5 Å². The van der Waals surface area contributed by atoms with Crippen LogP contribution in [0.15, 0.2) is 4.99 Å². The standard InChI is InChI=1S/C2H7N3.C2H3N/c1-5-2(3)4;1-2-3/h1H3,(H4,3,4,5);1H3. The van der Waals surface area contributed by atoms with Gasteiger partial charge in [-0.2, -0.15) is 5.26 Å². The lowest BCUT2D eigenvalue weighted by molar-refractivity contribution is 1.36. The van der Waals surface area contributed by atoms with E-state index in [1.54, 1.807) is 6.07 Å². The average molecular weight is 114 g/mol. The number of nitrogens with zero attached hydrogens (tertiary/aromatic N) is 2. The van der Waals surface area contributed by atoms with Crippen LogP contribution in [0.5, 0.6) is 0 Å². The molecule has 0 fully saturated rings. The highest BCUT2D eigenvalue weighted by Gasteiger charge is 1.61. The van der Waals surface area contributed by atoms with E-state index in [-0.39, 0.29) is 5.96 Å². The third kappa shape index (κ3) is 117. The van der Waals surface area contributed by atoms with E-state index in [9.17, 15) is 0 Å². The first kappa shape index (κ1) is 9.90. The van der Waals surface area contributed by atoms with E-state index in [1.807, 2.05) is 0 Å². The van der Waals surface area contributed by atoms with Crippen molar-refractivity contribution in [2.75, 3.05) is 7.05 Å². The Morgan fingerprint density at radius 3 is 1.75 bits per heavy atom. The summed E-state index contributed by atoms with van der Waals surface area (Å²) < 4.78 is 0. The summed E-state index contributed by atoms with van der Waals surface area (Å²) in [5.41, 5.74) is 9.64. The molecule has 0 amide bonds. The van der Waals surface area contributed by atoms with Gasteiger partial charge in [-0.25, -0.2) is 0 Å². The highest BCUT2D eigenvalue weighted by molar-refractivity contribution is 5.75. The number of aliphatic imine (C=N–C) groups is 1. The molecule has 0 aromatic carbocycles. The number of nitriles is 1. The van der Waals surface area contributed by atoms with Crippen molar-refractivity contribution < 1.29 is 0 Å². The van der Waals surface area contributed by atoms with E-state index in [0.29, 0.717) is 0 Å². The summed E-state index contributed by atoms with van der Waals surface area (Å²) in [6.07, 6.45) is 0. The molecule has 0 aliphatic heterocycles. The van der Waals surface area contributed by atoms with Gasteiger partial charge in [0.25, 0.3) is 0 Å². The maximum atomic E-state index is 7.32. The Morgan fingerprint density at radius 2 is 1.75 bits per heavy atom. The summed E-state index contributed by atoms with van der Waals surface area (Å²) in [5, 5.41) is 7.32. The molecule has 0 bridgehead atoms. The molecule has 0 radical (unpaired) electrons. The highest BCUT2D eigenvalue weighted by Crippen LogP contribution is 1.40. The van der Waals surface area contributed by atoms with Crippen molar-refractivity contribution in [3.8, 4) is 6.07 Å². The largest absolute Gasteiger partial charge is 0.370 e. The average Bonchev–Trinajstić information content (AvgIpc) is 1.69. The molecule has 0 saturated heterocycles. The fraction of sp³-hybridized carbons (Fsp3) is 0.500. The Hall–Kier alpha value is -1.24. The Balaban J connectivity index is 0. The van der Waals surface area contributed by atoms with E-state index >= 15 is 0 Å². The quantitative estimate of drug-likeness (QED) is 0.326. The first-order valence-corrected chi connectivity index (χ1v) is 1.97. The Bertz CT molecular complexity index is 95.1. The van der Waals surface area contributed by atoms with Crippen molar-refractivity contribution in [2.24, 2.45) is 16.5 Å². The minimum atomic E-state index is 0.130. The zero-order chi connectivity index (χ0) is 6.99. The molecule has 0 heterocycles. The van der Waals surface area contributed by atoms with E-state index in [1.165, 1.54) is 14.0 Å². The van der Waals surface area contributed by atoms with Crippen LogP contribution < -0.4 is 11.5 Å². The third-order valence-electron chi connectivity index (χ3n) is 0.258. The predicted octanol–water partition coefficient (Wildman–Crippen LogP) is -0.581. The lowest BCUT2D eigenvalue weighted by atomic mass is 11.0. The van der Waals surface area contributed by atoms with Crippen molar-refractivity contribution in [3.63, 3.8) is 0 Å². The minimum Gasteiger partial charge on any atom is -0.370 e. The van der Waals surface area contributed by atoms with Crippen LogP contribution >= 0.6 is 0 Å². The molecule has 0 aliphatic rings. The molecule has 0 aliphatic carbocycles. The topological polar surface area (TPSA) is 88.2 Å². The molecule has 46 valence electrons. The smallest absolute Gasteiger partial charge is 0.185 e. The van der Waals surface area contributed by atoms with E-state index in [0.717, 1.165) is 0 Å². The lowest BCUT2D eigenvalue weighted by Gasteiger charge is -1.77. The number of hydrogen-bond donors (Lipinski definition) is 2. The van der Waals surface area contributed by atoms with Crippen LogP contribution in [0.25, 0.3) is 0 Å². The lowest BCUT2D eigenvalue weighted by Crippen LogP contribution is -2.21. The van der Waals surface area contributed by atoms with Gasteiger partial charge in [-0.05, 0) is 0 Å². The molecule has 8 heavy (non-hydrogen) atoms. The monoisotopic (exact) mass is 114 g/mol. The molecule has 0 saturated carbocycles. The van der Waals surface area contributed by atoms with Gasteiger partial charge in [0.15, 0.2) is 5.96 Å². The molecule has 4 N–H and O–H groups in total. The van der Waals surface area contributed by atoms with E-state index in [2.05, 4.69) is 4.99 Å². The van der Waals surface area contributed by atoms with Crippen LogP contribution in [0.2, 0.25) is 0 Å². The second-order valence-electron chi connectivity index (χ2n) is 0.872. The van der Waals surface area contributed by atoms with Crippen molar-refractivity contribution in [2.45, 2.75) is 6.92 Å². The Kier molecular flexibility index (Phi) is 11.4. The van der Waals surface area contributed by atoms with Gasteiger partial charge in [0.05, 0.1) is 6.07 Å². The first-order valence-electron chi connectivity index (χ1n) is 1.97. The summed E-state index contributed by atoms with van der Waals surface area (Å²) in [7, 11) is 1.54. The number of nitrogens with two attached hydrogens (primary N) is 2. The van der Waals surface area contributed by atoms with E-state index < -0.39 is 0 Å². The summed E-state index contributed by atoms with van der Waals surface area (Å²) in [5.74, 6) is 0.130.